The van der Waals surface area contributed by atoms with Gasteiger partial charge in [-0.15, -0.1) is 11.3 Å². The molecule has 1 N–H and O–H groups in total. The zero-order valence-corrected chi connectivity index (χ0v) is 12.0. The highest BCUT2D eigenvalue weighted by molar-refractivity contribution is 7.10. The highest BCUT2D eigenvalue weighted by atomic mass is 32.1. The SMILES string of the molecule is C[C@H](c1cccs1)N(C)C(=O)c1ccc2n[nH]nc2c1. The minimum atomic E-state index is -0.0178. The summed E-state index contributed by atoms with van der Waals surface area (Å²) in [6.07, 6.45) is 0. The summed E-state index contributed by atoms with van der Waals surface area (Å²) in [5, 5.41) is 12.6. The number of carbonyl (C=O) groups is 1. The van der Waals surface area contributed by atoms with Gasteiger partial charge in [-0.25, -0.2) is 0 Å². The van der Waals surface area contributed by atoms with Gasteiger partial charge in [0.05, 0.1) is 6.04 Å². The highest BCUT2D eigenvalue weighted by Crippen LogP contribution is 2.25. The first-order valence-corrected chi connectivity index (χ1v) is 7.16. The average Bonchev–Trinajstić information content (AvgIpc) is 3.14. The van der Waals surface area contributed by atoms with E-state index in [2.05, 4.69) is 15.4 Å². The third kappa shape index (κ3) is 2.18. The molecule has 2 aromatic heterocycles. The molecule has 0 bridgehead atoms. The lowest BCUT2D eigenvalue weighted by atomic mass is 10.1. The van der Waals surface area contributed by atoms with Gasteiger partial charge in [-0.3, -0.25) is 4.79 Å². The van der Waals surface area contributed by atoms with Crippen LogP contribution in [0.4, 0.5) is 0 Å². The van der Waals surface area contributed by atoms with E-state index in [-0.39, 0.29) is 11.9 Å². The van der Waals surface area contributed by atoms with E-state index < -0.39 is 0 Å². The van der Waals surface area contributed by atoms with E-state index in [4.69, 9.17) is 0 Å². The minimum absolute atomic E-state index is 0.0178. The van der Waals surface area contributed by atoms with Crippen LogP contribution in [0.2, 0.25) is 0 Å². The van der Waals surface area contributed by atoms with Crippen molar-refractivity contribution in [3.8, 4) is 0 Å². The number of rotatable bonds is 3. The molecular weight excluding hydrogens is 272 g/mol. The van der Waals surface area contributed by atoms with Crippen molar-refractivity contribution in [1.82, 2.24) is 20.3 Å². The zero-order valence-electron chi connectivity index (χ0n) is 11.2. The van der Waals surface area contributed by atoms with Crippen molar-refractivity contribution < 1.29 is 4.79 Å². The average molecular weight is 286 g/mol. The Labute approximate surface area is 120 Å². The lowest BCUT2D eigenvalue weighted by molar-refractivity contribution is 0.0745. The Morgan fingerprint density at radius 3 is 2.85 bits per heavy atom. The number of thiophene rings is 1. The van der Waals surface area contributed by atoms with E-state index in [1.165, 1.54) is 4.88 Å². The third-order valence-electron chi connectivity index (χ3n) is 3.42. The Balaban J connectivity index is 1.87. The summed E-state index contributed by atoms with van der Waals surface area (Å²) in [4.78, 5) is 15.4. The summed E-state index contributed by atoms with van der Waals surface area (Å²) in [6.45, 7) is 2.03. The number of H-pyrrole nitrogens is 1. The van der Waals surface area contributed by atoms with E-state index in [1.807, 2.05) is 31.5 Å². The number of nitrogens with zero attached hydrogens (tertiary/aromatic N) is 3. The van der Waals surface area contributed by atoms with E-state index in [0.29, 0.717) is 11.1 Å². The van der Waals surface area contributed by atoms with Gasteiger partial charge in [-0.2, -0.15) is 15.4 Å². The Morgan fingerprint density at radius 1 is 1.30 bits per heavy atom. The molecule has 0 fully saturated rings. The molecule has 3 rings (SSSR count). The molecule has 0 aliphatic rings. The molecule has 20 heavy (non-hydrogen) atoms. The second-order valence-electron chi connectivity index (χ2n) is 4.63. The first kappa shape index (κ1) is 12.8. The molecule has 0 radical (unpaired) electrons. The fourth-order valence-corrected chi connectivity index (χ4v) is 2.90. The molecule has 3 aromatic rings. The maximum Gasteiger partial charge on any atom is 0.254 e. The van der Waals surface area contributed by atoms with Crippen molar-refractivity contribution >= 4 is 28.3 Å². The van der Waals surface area contributed by atoms with Gasteiger partial charge in [0.1, 0.15) is 11.0 Å². The quantitative estimate of drug-likeness (QED) is 0.805. The summed E-state index contributed by atoms with van der Waals surface area (Å²) in [5.41, 5.74) is 2.08. The molecule has 102 valence electrons. The molecule has 0 aliphatic carbocycles. The monoisotopic (exact) mass is 286 g/mol. The van der Waals surface area contributed by atoms with E-state index in [1.54, 1.807) is 34.4 Å². The van der Waals surface area contributed by atoms with Crippen LogP contribution in [-0.4, -0.2) is 33.3 Å². The van der Waals surface area contributed by atoms with Gasteiger partial charge in [0.2, 0.25) is 0 Å². The van der Waals surface area contributed by atoms with Crippen LogP contribution in [0.3, 0.4) is 0 Å². The molecule has 6 heteroatoms. The number of nitrogens with one attached hydrogen (secondary N) is 1. The number of fused-ring (bicyclic) bond motifs is 1. The van der Waals surface area contributed by atoms with Crippen LogP contribution >= 0.6 is 11.3 Å². The fraction of sp³-hybridized carbons (Fsp3) is 0.214. The lowest BCUT2D eigenvalue weighted by Gasteiger charge is -2.24. The largest absolute Gasteiger partial charge is 0.334 e. The van der Waals surface area contributed by atoms with E-state index >= 15 is 0 Å². The third-order valence-corrected chi connectivity index (χ3v) is 4.46. The van der Waals surface area contributed by atoms with Crippen molar-refractivity contribution in [3.05, 3.63) is 46.2 Å². The van der Waals surface area contributed by atoms with Crippen LogP contribution in [0.5, 0.6) is 0 Å². The summed E-state index contributed by atoms with van der Waals surface area (Å²) < 4.78 is 0. The van der Waals surface area contributed by atoms with Gasteiger partial charge in [-0.1, -0.05) is 6.07 Å². The Morgan fingerprint density at radius 2 is 2.10 bits per heavy atom. The number of hydrogen-bond donors (Lipinski definition) is 1. The smallest absolute Gasteiger partial charge is 0.254 e. The molecule has 1 atom stereocenters. The predicted octanol–water partition coefficient (Wildman–Crippen LogP) is 2.85. The first-order chi connectivity index (χ1) is 9.66. The number of amides is 1. The Kier molecular flexibility index (Phi) is 3.23. The normalized spacial score (nSPS) is 12.5. The van der Waals surface area contributed by atoms with Crippen molar-refractivity contribution in [2.45, 2.75) is 13.0 Å². The summed E-state index contributed by atoms with van der Waals surface area (Å²) in [5.74, 6) is -0.0178. The van der Waals surface area contributed by atoms with Gasteiger partial charge in [0.15, 0.2) is 0 Å². The summed E-state index contributed by atoms with van der Waals surface area (Å²) >= 11 is 1.65. The molecule has 5 nitrogen and oxygen atoms in total. The lowest BCUT2D eigenvalue weighted by Crippen LogP contribution is -2.29. The standard InChI is InChI=1S/C14H14N4OS/c1-9(13-4-3-7-20-13)18(2)14(19)10-5-6-11-12(8-10)16-17-15-11/h3-9H,1-2H3,(H,15,16,17)/t9-/m1/s1. The predicted molar refractivity (Wildman–Crippen MR) is 78.7 cm³/mol. The Hall–Kier alpha value is -2.21. The number of carbonyl (C=O) groups excluding carboxylic acids is 1. The van der Waals surface area contributed by atoms with Gasteiger partial charge < -0.3 is 4.90 Å². The molecule has 0 saturated carbocycles. The molecule has 1 aromatic carbocycles. The van der Waals surface area contributed by atoms with Gasteiger partial charge >= 0.3 is 0 Å². The number of benzene rings is 1. The van der Waals surface area contributed by atoms with E-state index in [0.717, 1.165) is 5.52 Å². The number of aromatic amines is 1. The van der Waals surface area contributed by atoms with Gasteiger partial charge in [0, 0.05) is 17.5 Å². The fourth-order valence-electron chi connectivity index (χ4n) is 2.07. The maximum atomic E-state index is 12.5. The van der Waals surface area contributed by atoms with Crippen LogP contribution in [0.25, 0.3) is 11.0 Å². The first-order valence-electron chi connectivity index (χ1n) is 6.28. The summed E-state index contributed by atoms with van der Waals surface area (Å²) in [7, 11) is 1.82. The molecule has 0 spiro atoms. The summed E-state index contributed by atoms with van der Waals surface area (Å²) in [6, 6.07) is 9.44. The van der Waals surface area contributed by atoms with E-state index in [9.17, 15) is 4.79 Å². The molecule has 1 amide bonds. The molecule has 2 heterocycles. The molecular formula is C14H14N4OS. The van der Waals surface area contributed by atoms with Crippen LogP contribution in [0, 0.1) is 0 Å². The van der Waals surface area contributed by atoms with Gasteiger partial charge in [0.25, 0.3) is 5.91 Å². The Bertz CT molecular complexity index is 735. The van der Waals surface area contributed by atoms with Crippen molar-refractivity contribution in [2.75, 3.05) is 7.05 Å². The second kappa shape index (κ2) is 5.05. The van der Waals surface area contributed by atoms with Crippen LogP contribution in [0.15, 0.2) is 35.7 Å². The second-order valence-corrected chi connectivity index (χ2v) is 5.61. The topological polar surface area (TPSA) is 61.9 Å². The van der Waals surface area contributed by atoms with Crippen molar-refractivity contribution in [2.24, 2.45) is 0 Å². The van der Waals surface area contributed by atoms with Crippen molar-refractivity contribution in [3.63, 3.8) is 0 Å². The molecule has 0 unspecified atom stereocenters. The number of hydrogen-bond acceptors (Lipinski definition) is 4. The highest BCUT2D eigenvalue weighted by Gasteiger charge is 2.20. The zero-order chi connectivity index (χ0) is 14.1. The van der Waals surface area contributed by atoms with Gasteiger partial charge in [-0.05, 0) is 36.6 Å². The van der Waals surface area contributed by atoms with Crippen LogP contribution < -0.4 is 0 Å². The molecule has 0 saturated heterocycles. The van der Waals surface area contributed by atoms with Crippen LogP contribution in [-0.2, 0) is 0 Å². The minimum Gasteiger partial charge on any atom is -0.334 e. The van der Waals surface area contributed by atoms with Crippen molar-refractivity contribution in [1.29, 1.82) is 0 Å². The van der Waals surface area contributed by atoms with Crippen LogP contribution in [0.1, 0.15) is 28.2 Å². The maximum absolute atomic E-state index is 12.5. The molecule has 0 aliphatic heterocycles. The number of aromatic nitrogens is 3.